The molecule has 9 heteroatoms. The van der Waals surface area contributed by atoms with E-state index in [2.05, 4.69) is 31.8 Å². The topological polar surface area (TPSA) is 86.8 Å². The van der Waals surface area contributed by atoms with Crippen molar-refractivity contribution in [3.63, 3.8) is 0 Å². The molecule has 9 nitrogen and oxygen atoms in total. The minimum atomic E-state index is -0.765. The Morgan fingerprint density at radius 1 is 0.889 bits per heavy atom. The van der Waals surface area contributed by atoms with E-state index < -0.39 is 6.10 Å². The number of piperidine rings is 1. The smallest absolute Gasteiger partial charge is 0.276 e. The third-order valence-electron chi connectivity index (χ3n) is 7.47. The van der Waals surface area contributed by atoms with E-state index in [9.17, 15) is 14.7 Å². The van der Waals surface area contributed by atoms with Gasteiger partial charge in [0.25, 0.3) is 11.1 Å². The number of β-amino-alcohol motifs (C(OH)–C–C–N with tert-alkyl or cyclic N) is 1. The fourth-order valence-corrected chi connectivity index (χ4v) is 5.51. The van der Waals surface area contributed by atoms with E-state index in [0.717, 1.165) is 57.8 Å². The molecule has 36 heavy (non-hydrogen) atoms. The third kappa shape index (κ3) is 4.90. The van der Waals surface area contributed by atoms with Crippen LogP contribution in [0.1, 0.15) is 25.0 Å². The van der Waals surface area contributed by atoms with Crippen molar-refractivity contribution in [3.05, 3.63) is 62.8 Å². The van der Waals surface area contributed by atoms with E-state index in [4.69, 9.17) is 0 Å². The maximum Gasteiger partial charge on any atom is 0.276 e. The second-order valence-corrected chi connectivity index (χ2v) is 10.1. The number of fused-ring (bicyclic) bond motifs is 1. The van der Waals surface area contributed by atoms with Crippen LogP contribution in [0, 0.1) is 6.92 Å². The van der Waals surface area contributed by atoms with Gasteiger partial charge in [0.2, 0.25) is 0 Å². The number of anilines is 2. The zero-order valence-corrected chi connectivity index (χ0v) is 21.3. The number of aromatic nitrogens is 3. The lowest BCUT2D eigenvalue weighted by Crippen LogP contribution is -2.50. The summed E-state index contributed by atoms with van der Waals surface area (Å²) in [6, 6.07) is 12.0. The largest absolute Gasteiger partial charge is 0.390 e. The van der Waals surface area contributed by atoms with Crippen molar-refractivity contribution in [2.75, 3.05) is 55.6 Å². The average molecular weight is 493 g/mol. The standard InChI is InChI=1S/C27H36N6O3/c1-20-17-23-24(25(28-20)32-11-7-4-8-12-32)27(36)29(2)33(26(23)35)19-22(34)18-30-13-15-31(16-14-30)21-9-5-3-6-10-21/h3,5-6,9-10,17,22,34H,4,7-8,11-16,18-19H2,1-2H3. The Hall–Kier alpha value is -3.17. The highest BCUT2D eigenvalue weighted by Gasteiger charge is 2.24. The number of hydrogen-bond donors (Lipinski definition) is 1. The van der Waals surface area contributed by atoms with Crippen LogP contribution in [-0.2, 0) is 13.6 Å². The molecule has 0 bridgehead atoms. The van der Waals surface area contributed by atoms with Gasteiger partial charge in [-0.3, -0.25) is 19.2 Å². The number of nitrogens with zero attached hydrogens (tertiary/aromatic N) is 6. The number of benzene rings is 1. The molecule has 1 unspecified atom stereocenters. The van der Waals surface area contributed by atoms with Crippen molar-refractivity contribution >= 4 is 22.3 Å². The van der Waals surface area contributed by atoms with Crippen LogP contribution in [0.5, 0.6) is 0 Å². The molecule has 0 amide bonds. The predicted octanol–water partition coefficient (Wildman–Crippen LogP) is 1.58. The molecule has 4 heterocycles. The van der Waals surface area contributed by atoms with Crippen LogP contribution in [0.15, 0.2) is 46.0 Å². The Labute approximate surface area is 211 Å². The maximum absolute atomic E-state index is 13.5. The lowest BCUT2D eigenvalue weighted by molar-refractivity contribution is 0.0873. The van der Waals surface area contributed by atoms with Gasteiger partial charge in [0.15, 0.2) is 0 Å². The van der Waals surface area contributed by atoms with E-state index in [1.165, 1.54) is 21.5 Å². The quantitative estimate of drug-likeness (QED) is 0.559. The Kier molecular flexibility index (Phi) is 7.11. The monoisotopic (exact) mass is 492 g/mol. The van der Waals surface area contributed by atoms with Crippen LogP contribution in [0.3, 0.4) is 0 Å². The van der Waals surface area contributed by atoms with Crippen molar-refractivity contribution in [1.29, 1.82) is 0 Å². The normalized spacial score (nSPS) is 18.1. The van der Waals surface area contributed by atoms with Crippen LogP contribution in [0.25, 0.3) is 10.8 Å². The van der Waals surface area contributed by atoms with Gasteiger partial charge in [0.1, 0.15) is 5.82 Å². The van der Waals surface area contributed by atoms with Crippen molar-refractivity contribution in [1.82, 2.24) is 19.2 Å². The summed E-state index contributed by atoms with van der Waals surface area (Å²) >= 11 is 0. The van der Waals surface area contributed by atoms with Crippen LogP contribution in [-0.4, -0.2) is 76.3 Å². The van der Waals surface area contributed by atoms with Gasteiger partial charge in [0, 0.05) is 64.2 Å². The number of aliphatic hydroxyl groups is 1. The zero-order chi connectivity index (χ0) is 25.2. The van der Waals surface area contributed by atoms with E-state index >= 15 is 0 Å². The Balaban J connectivity index is 1.34. The predicted molar refractivity (Wildman–Crippen MR) is 143 cm³/mol. The van der Waals surface area contributed by atoms with E-state index in [-0.39, 0.29) is 17.7 Å². The van der Waals surface area contributed by atoms with E-state index in [1.54, 1.807) is 13.1 Å². The molecular weight excluding hydrogens is 456 g/mol. The Morgan fingerprint density at radius 2 is 1.58 bits per heavy atom. The first kappa shape index (κ1) is 24.5. The molecule has 2 aliphatic rings. The van der Waals surface area contributed by atoms with Crippen molar-refractivity contribution in [2.24, 2.45) is 7.05 Å². The summed E-state index contributed by atoms with van der Waals surface area (Å²) in [5.74, 6) is 0.617. The maximum atomic E-state index is 13.5. The number of hydrogen-bond acceptors (Lipinski definition) is 7. The molecule has 2 fully saturated rings. The summed E-state index contributed by atoms with van der Waals surface area (Å²) in [5, 5.41) is 11.7. The molecule has 1 aromatic carbocycles. The molecule has 2 aliphatic heterocycles. The summed E-state index contributed by atoms with van der Waals surface area (Å²) in [7, 11) is 1.61. The summed E-state index contributed by atoms with van der Waals surface area (Å²) in [5.41, 5.74) is 1.42. The van der Waals surface area contributed by atoms with Crippen molar-refractivity contribution in [3.8, 4) is 0 Å². The van der Waals surface area contributed by atoms with Crippen LogP contribution >= 0.6 is 0 Å². The molecule has 2 aromatic heterocycles. The second-order valence-electron chi connectivity index (χ2n) is 10.1. The average Bonchev–Trinajstić information content (AvgIpc) is 2.91. The van der Waals surface area contributed by atoms with Gasteiger partial charge in [0.05, 0.1) is 23.4 Å². The summed E-state index contributed by atoms with van der Waals surface area (Å²) in [6.45, 7) is 7.51. The highest BCUT2D eigenvalue weighted by Crippen LogP contribution is 2.24. The number of pyridine rings is 1. The van der Waals surface area contributed by atoms with E-state index in [1.807, 2.05) is 25.1 Å². The van der Waals surface area contributed by atoms with Crippen LogP contribution in [0.2, 0.25) is 0 Å². The first-order valence-electron chi connectivity index (χ1n) is 13.0. The number of aryl methyl sites for hydroxylation is 1. The molecular formula is C27H36N6O3. The SMILES string of the molecule is Cc1cc2c(=O)n(CC(O)CN3CCN(c4ccccc4)CC3)n(C)c(=O)c2c(N2CCCCC2)n1. The van der Waals surface area contributed by atoms with Gasteiger partial charge in [-0.2, -0.15) is 0 Å². The fourth-order valence-electron chi connectivity index (χ4n) is 5.51. The van der Waals surface area contributed by atoms with Crippen LogP contribution in [0.4, 0.5) is 11.5 Å². The molecule has 5 rings (SSSR count). The molecule has 3 aromatic rings. The van der Waals surface area contributed by atoms with Gasteiger partial charge in [-0.25, -0.2) is 9.67 Å². The molecule has 0 spiro atoms. The first-order chi connectivity index (χ1) is 17.4. The lowest BCUT2D eigenvalue weighted by atomic mass is 10.1. The summed E-state index contributed by atoms with van der Waals surface area (Å²) in [6.07, 6.45) is 2.52. The van der Waals surface area contributed by atoms with Crippen molar-refractivity contribution < 1.29 is 5.11 Å². The molecule has 1 atom stereocenters. The number of para-hydroxylation sites is 1. The van der Waals surface area contributed by atoms with Gasteiger partial charge in [-0.1, -0.05) is 18.2 Å². The zero-order valence-electron chi connectivity index (χ0n) is 21.3. The molecule has 0 saturated carbocycles. The fraction of sp³-hybridized carbons (Fsp3) is 0.519. The van der Waals surface area contributed by atoms with Gasteiger partial charge < -0.3 is 14.9 Å². The first-order valence-corrected chi connectivity index (χ1v) is 13.0. The number of rotatable bonds is 6. The minimum absolute atomic E-state index is 0.0693. The van der Waals surface area contributed by atoms with Gasteiger partial charge >= 0.3 is 0 Å². The van der Waals surface area contributed by atoms with Gasteiger partial charge in [-0.05, 0) is 44.4 Å². The molecule has 1 N–H and O–H groups in total. The molecule has 2 saturated heterocycles. The molecule has 0 aliphatic carbocycles. The Bertz CT molecular complexity index is 1320. The highest BCUT2D eigenvalue weighted by molar-refractivity contribution is 5.91. The number of aliphatic hydroxyl groups excluding tert-OH is 1. The minimum Gasteiger partial charge on any atom is -0.390 e. The lowest BCUT2D eigenvalue weighted by Gasteiger charge is -2.37. The van der Waals surface area contributed by atoms with Crippen molar-refractivity contribution in [2.45, 2.75) is 38.8 Å². The summed E-state index contributed by atoms with van der Waals surface area (Å²) < 4.78 is 2.74. The summed E-state index contributed by atoms with van der Waals surface area (Å²) in [4.78, 5) is 38.4. The number of piperazine rings is 1. The van der Waals surface area contributed by atoms with E-state index in [0.29, 0.717) is 23.1 Å². The highest BCUT2D eigenvalue weighted by atomic mass is 16.3. The second kappa shape index (κ2) is 10.4. The van der Waals surface area contributed by atoms with Crippen LogP contribution < -0.4 is 20.9 Å². The molecule has 0 radical (unpaired) electrons. The Morgan fingerprint density at radius 3 is 2.28 bits per heavy atom. The van der Waals surface area contributed by atoms with Gasteiger partial charge in [-0.15, -0.1) is 0 Å². The molecule has 192 valence electrons. The third-order valence-corrected chi connectivity index (χ3v) is 7.47.